The van der Waals surface area contributed by atoms with Crippen LogP contribution in [0.25, 0.3) is 0 Å². The van der Waals surface area contributed by atoms with Crippen LogP contribution in [0, 0.1) is 0 Å². The molecule has 17 heavy (non-hydrogen) atoms. The molecule has 2 nitrogen and oxygen atoms in total. The van der Waals surface area contributed by atoms with Crippen LogP contribution in [0.2, 0.25) is 5.02 Å². The highest BCUT2D eigenvalue weighted by atomic mass is 35.5. The average Bonchev–Trinajstić information content (AvgIpc) is 2.29. The summed E-state index contributed by atoms with van der Waals surface area (Å²) in [6, 6.07) is 6.35. The molecule has 96 valence electrons. The molecule has 0 bridgehead atoms. The van der Waals surface area contributed by atoms with Crippen LogP contribution in [0.5, 0.6) is 0 Å². The lowest BCUT2D eigenvalue weighted by atomic mass is 10.2. The van der Waals surface area contributed by atoms with Crippen molar-refractivity contribution >= 4 is 17.3 Å². The SMILES string of the molecule is CCCN(CCC)c1ccc(CNC)cc1Cl. The van der Waals surface area contributed by atoms with Gasteiger partial charge >= 0.3 is 0 Å². The molecule has 0 saturated carbocycles. The Morgan fingerprint density at radius 2 is 1.82 bits per heavy atom. The standard InChI is InChI=1S/C14H23ClN2/c1-4-8-17(9-5-2)14-7-6-12(11-16-3)10-13(14)15/h6-7,10,16H,4-5,8-9,11H2,1-3H3. The predicted molar refractivity (Wildman–Crippen MR) is 77.0 cm³/mol. The average molecular weight is 255 g/mol. The zero-order chi connectivity index (χ0) is 12.7. The number of rotatable bonds is 7. The predicted octanol–water partition coefficient (Wildman–Crippen LogP) is 3.69. The summed E-state index contributed by atoms with van der Waals surface area (Å²) >= 11 is 6.36. The quantitative estimate of drug-likeness (QED) is 0.799. The lowest BCUT2D eigenvalue weighted by Crippen LogP contribution is -2.25. The van der Waals surface area contributed by atoms with Crippen LogP contribution in [-0.4, -0.2) is 20.1 Å². The molecule has 0 atom stereocenters. The fourth-order valence-electron chi connectivity index (χ4n) is 2.01. The van der Waals surface area contributed by atoms with Crippen LogP contribution in [0.1, 0.15) is 32.3 Å². The number of nitrogens with one attached hydrogen (secondary N) is 1. The molecular weight excluding hydrogens is 232 g/mol. The number of anilines is 1. The van der Waals surface area contributed by atoms with Gasteiger partial charge in [0.2, 0.25) is 0 Å². The Bertz CT molecular complexity index is 333. The van der Waals surface area contributed by atoms with Crippen molar-refractivity contribution in [2.75, 3.05) is 25.0 Å². The second kappa shape index (κ2) is 7.57. The number of hydrogen-bond acceptors (Lipinski definition) is 2. The minimum absolute atomic E-state index is 0.861. The fourth-order valence-corrected chi connectivity index (χ4v) is 2.34. The molecule has 0 spiro atoms. The van der Waals surface area contributed by atoms with Crippen molar-refractivity contribution in [3.05, 3.63) is 28.8 Å². The van der Waals surface area contributed by atoms with Crippen LogP contribution < -0.4 is 10.2 Å². The fraction of sp³-hybridized carbons (Fsp3) is 0.571. The van der Waals surface area contributed by atoms with Crippen molar-refractivity contribution in [3.63, 3.8) is 0 Å². The Balaban J connectivity index is 2.87. The number of nitrogens with zero attached hydrogens (tertiary/aromatic N) is 1. The highest BCUT2D eigenvalue weighted by Gasteiger charge is 2.09. The summed E-state index contributed by atoms with van der Waals surface area (Å²) in [5.41, 5.74) is 2.39. The normalized spacial score (nSPS) is 10.6. The minimum Gasteiger partial charge on any atom is -0.370 e. The summed E-state index contributed by atoms with van der Waals surface area (Å²) in [4.78, 5) is 2.37. The first-order chi connectivity index (χ1) is 8.22. The third kappa shape index (κ3) is 4.21. The van der Waals surface area contributed by atoms with Gasteiger partial charge in [-0.3, -0.25) is 0 Å². The minimum atomic E-state index is 0.861. The molecule has 1 N–H and O–H groups in total. The van der Waals surface area contributed by atoms with E-state index in [1.807, 2.05) is 7.05 Å². The van der Waals surface area contributed by atoms with E-state index in [1.165, 1.54) is 5.56 Å². The van der Waals surface area contributed by atoms with E-state index in [2.05, 4.69) is 42.3 Å². The van der Waals surface area contributed by atoms with Crippen molar-refractivity contribution < 1.29 is 0 Å². The monoisotopic (exact) mass is 254 g/mol. The van der Waals surface area contributed by atoms with Gasteiger partial charge in [-0.15, -0.1) is 0 Å². The molecule has 0 saturated heterocycles. The van der Waals surface area contributed by atoms with Gasteiger partial charge in [0.05, 0.1) is 10.7 Å². The van der Waals surface area contributed by atoms with E-state index in [1.54, 1.807) is 0 Å². The molecule has 3 heteroatoms. The highest BCUT2D eigenvalue weighted by Crippen LogP contribution is 2.27. The van der Waals surface area contributed by atoms with Gasteiger partial charge in [-0.25, -0.2) is 0 Å². The van der Waals surface area contributed by atoms with Gasteiger partial charge in [-0.1, -0.05) is 31.5 Å². The molecule has 0 fully saturated rings. The number of halogens is 1. The van der Waals surface area contributed by atoms with Gasteiger partial charge in [0.1, 0.15) is 0 Å². The van der Waals surface area contributed by atoms with Crippen molar-refractivity contribution in [2.45, 2.75) is 33.2 Å². The van der Waals surface area contributed by atoms with Gasteiger partial charge in [-0.05, 0) is 37.6 Å². The van der Waals surface area contributed by atoms with Crippen LogP contribution in [0.4, 0.5) is 5.69 Å². The third-order valence-electron chi connectivity index (χ3n) is 2.72. The second-order valence-corrected chi connectivity index (χ2v) is 4.71. The first kappa shape index (κ1) is 14.3. The molecule has 0 aliphatic rings. The summed E-state index contributed by atoms with van der Waals surface area (Å²) in [5.74, 6) is 0. The summed E-state index contributed by atoms with van der Waals surface area (Å²) in [5, 5.41) is 4.00. The maximum atomic E-state index is 6.36. The van der Waals surface area contributed by atoms with E-state index < -0.39 is 0 Å². The Hall–Kier alpha value is -0.730. The largest absolute Gasteiger partial charge is 0.370 e. The number of benzene rings is 1. The van der Waals surface area contributed by atoms with E-state index in [9.17, 15) is 0 Å². The molecule has 0 aliphatic carbocycles. The van der Waals surface area contributed by atoms with Gasteiger partial charge in [-0.2, -0.15) is 0 Å². The zero-order valence-corrected chi connectivity index (χ0v) is 11.8. The van der Waals surface area contributed by atoms with Crippen LogP contribution in [0.15, 0.2) is 18.2 Å². The van der Waals surface area contributed by atoms with E-state index in [0.29, 0.717) is 0 Å². The summed E-state index contributed by atoms with van der Waals surface area (Å²) in [6.07, 6.45) is 2.29. The van der Waals surface area contributed by atoms with Crippen LogP contribution >= 0.6 is 11.6 Å². The van der Waals surface area contributed by atoms with Crippen molar-refractivity contribution in [1.82, 2.24) is 5.32 Å². The van der Waals surface area contributed by atoms with Gasteiger partial charge in [0, 0.05) is 19.6 Å². The van der Waals surface area contributed by atoms with Crippen molar-refractivity contribution in [1.29, 1.82) is 0 Å². The maximum Gasteiger partial charge on any atom is 0.0642 e. The topological polar surface area (TPSA) is 15.3 Å². The lowest BCUT2D eigenvalue weighted by molar-refractivity contribution is 0.744. The van der Waals surface area contributed by atoms with E-state index >= 15 is 0 Å². The Morgan fingerprint density at radius 3 is 2.29 bits per heavy atom. The molecule has 0 unspecified atom stereocenters. The second-order valence-electron chi connectivity index (χ2n) is 4.30. The molecule has 1 aromatic carbocycles. The number of hydrogen-bond donors (Lipinski definition) is 1. The Labute approximate surface area is 110 Å². The zero-order valence-electron chi connectivity index (χ0n) is 11.1. The van der Waals surface area contributed by atoms with Crippen LogP contribution in [0.3, 0.4) is 0 Å². The molecular formula is C14H23ClN2. The van der Waals surface area contributed by atoms with Gasteiger partial charge < -0.3 is 10.2 Å². The summed E-state index contributed by atoms with van der Waals surface area (Å²) < 4.78 is 0. The van der Waals surface area contributed by atoms with E-state index in [-0.39, 0.29) is 0 Å². The van der Waals surface area contributed by atoms with Crippen LogP contribution in [-0.2, 0) is 6.54 Å². The molecule has 1 aromatic rings. The summed E-state index contributed by atoms with van der Waals surface area (Å²) in [6.45, 7) is 7.40. The highest BCUT2D eigenvalue weighted by molar-refractivity contribution is 6.33. The molecule has 1 rings (SSSR count). The molecule has 0 radical (unpaired) electrons. The first-order valence-electron chi connectivity index (χ1n) is 6.40. The molecule has 0 heterocycles. The lowest BCUT2D eigenvalue weighted by Gasteiger charge is -2.25. The Kier molecular flexibility index (Phi) is 6.38. The maximum absolute atomic E-state index is 6.36. The van der Waals surface area contributed by atoms with E-state index in [4.69, 9.17) is 11.6 Å². The van der Waals surface area contributed by atoms with E-state index in [0.717, 1.165) is 43.2 Å². The molecule has 0 aliphatic heterocycles. The van der Waals surface area contributed by atoms with Gasteiger partial charge in [0.15, 0.2) is 0 Å². The molecule has 0 aromatic heterocycles. The first-order valence-corrected chi connectivity index (χ1v) is 6.78. The van der Waals surface area contributed by atoms with Crippen molar-refractivity contribution in [2.24, 2.45) is 0 Å². The van der Waals surface area contributed by atoms with Gasteiger partial charge in [0.25, 0.3) is 0 Å². The summed E-state index contributed by atoms with van der Waals surface area (Å²) in [7, 11) is 1.95. The smallest absolute Gasteiger partial charge is 0.0642 e. The third-order valence-corrected chi connectivity index (χ3v) is 3.02. The van der Waals surface area contributed by atoms with Crippen molar-refractivity contribution in [3.8, 4) is 0 Å². The Morgan fingerprint density at radius 1 is 1.18 bits per heavy atom. The molecule has 0 amide bonds.